The Kier molecular flexibility index (Phi) is 4.83. The van der Waals surface area contributed by atoms with Crippen LogP contribution in [0.3, 0.4) is 0 Å². The number of rotatable bonds is 4. The number of carbonyl (C=O) groups excluding carboxylic acids is 1. The highest BCUT2D eigenvalue weighted by Crippen LogP contribution is 2.19. The predicted molar refractivity (Wildman–Crippen MR) is 78.2 cm³/mol. The summed E-state index contributed by atoms with van der Waals surface area (Å²) in [4.78, 5) is 25.0. The van der Waals surface area contributed by atoms with Crippen molar-refractivity contribution in [2.45, 2.75) is 32.8 Å². The maximum Gasteiger partial charge on any atom is 0.308 e. The number of amides is 1. The van der Waals surface area contributed by atoms with Gasteiger partial charge in [-0.3, -0.25) is 9.59 Å². The van der Waals surface area contributed by atoms with E-state index in [1.54, 1.807) is 11.8 Å². The first kappa shape index (κ1) is 15.4. The van der Waals surface area contributed by atoms with E-state index in [-0.39, 0.29) is 12.5 Å². The molecule has 0 unspecified atom stereocenters. The zero-order valence-corrected chi connectivity index (χ0v) is 12.4. The number of carboxylic acid groups (broad SMARTS) is 1. The van der Waals surface area contributed by atoms with Crippen molar-refractivity contribution in [3.63, 3.8) is 0 Å². The first-order chi connectivity index (χ1) is 9.97. The number of benzene rings is 1. The fourth-order valence-electron chi connectivity index (χ4n) is 2.51. The first-order valence-corrected chi connectivity index (χ1v) is 7.22. The van der Waals surface area contributed by atoms with Gasteiger partial charge in [-0.05, 0) is 38.8 Å². The third kappa shape index (κ3) is 3.97. The Hall–Kier alpha value is -2.04. The first-order valence-electron chi connectivity index (χ1n) is 7.22. The minimum atomic E-state index is -0.834. The van der Waals surface area contributed by atoms with Crippen LogP contribution >= 0.6 is 0 Å². The SMILES string of the molecule is Cc1ccc(O[C@H](C)C(=O)N2CCC[C@H](C(=O)O)C2)cc1. The van der Waals surface area contributed by atoms with Crippen LogP contribution in [-0.2, 0) is 9.59 Å². The van der Waals surface area contributed by atoms with Gasteiger partial charge in [-0.25, -0.2) is 0 Å². The topological polar surface area (TPSA) is 66.8 Å². The predicted octanol–water partition coefficient (Wildman–Crippen LogP) is 2.09. The molecule has 2 atom stereocenters. The number of hydrogen-bond donors (Lipinski definition) is 1. The Morgan fingerprint density at radius 2 is 2.00 bits per heavy atom. The Labute approximate surface area is 124 Å². The highest BCUT2D eigenvalue weighted by Gasteiger charge is 2.30. The molecule has 1 amide bonds. The molecule has 1 aliphatic heterocycles. The number of hydrogen-bond acceptors (Lipinski definition) is 3. The molecule has 21 heavy (non-hydrogen) atoms. The van der Waals surface area contributed by atoms with Crippen LogP contribution in [0.1, 0.15) is 25.3 Å². The van der Waals surface area contributed by atoms with E-state index in [0.29, 0.717) is 18.7 Å². The van der Waals surface area contributed by atoms with Gasteiger partial charge in [0, 0.05) is 13.1 Å². The summed E-state index contributed by atoms with van der Waals surface area (Å²) in [6.45, 7) is 4.56. The normalized spacial score (nSPS) is 19.9. The van der Waals surface area contributed by atoms with Gasteiger partial charge >= 0.3 is 5.97 Å². The number of aliphatic carboxylic acids is 1. The molecular weight excluding hydrogens is 270 g/mol. The molecule has 1 fully saturated rings. The standard InChI is InChI=1S/C16H21NO4/c1-11-5-7-14(8-6-11)21-12(2)15(18)17-9-3-4-13(10-17)16(19)20/h5-8,12-13H,3-4,9-10H2,1-2H3,(H,19,20)/t12-,13+/m1/s1. The Balaban J connectivity index is 1.95. The summed E-state index contributed by atoms with van der Waals surface area (Å²) >= 11 is 0. The summed E-state index contributed by atoms with van der Waals surface area (Å²) in [6.07, 6.45) is 0.743. The Morgan fingerprint density at radius 3 is 2.62 bits per heavy atom. The molecule has 0 aromatic heterocycles. The van der Waals surface area contributed by atoms with Crippen LogP contribution in [-0.4, -0.2) is 41.1 Å². The van der Waals surface area contributed by atoms with Crippen LogP contribution in [0.25, 0.3) is 0 Å². The number of nitrogens with zero attached hydrogens (tertiary/aromatic N) is 1. The summed E-state index contributed by atoms with van der Waals surface area (Å²) in [5.41, 5.74) is 1.13. The monoisotopic (exact) mass is 291 g/mol. The minimum Gasteiger partial charge on any atom is -0.481 e. The van der Waals surface area contributed by atoms with Gasteiger partial charge in [0.05, 0.1) is 5.92 Å². The number of carboxylic acids is 1. The van der Waals surface area contributed by atoms with Gasteiger partial charge in [0.25, 0.3) is 5.91 Å². The average Bonchev–Trinajstić information content (AvgIpc) is 2.49. The maximum atomic E-state index is 12.3. The van der Waals surface area contributed by atoms with E-state index in [1.807, 2.05) is 31.2 Å². The summed E-state index contributed by atoms with van der Waals surface area (Å²) in [5.74, 6) is -0.802. The van der Waals surface area contributed by atoms with E-state index in [1.165, 1.54) is 0 Å². The fraction of sp³-hybridized carbons (Fsp3) is 0.500. The second-order valence-corrected chi connectivity index (χ2v) is 5.53. The van der Waals surface area contributed by atoms with Gasteiger partial charge in [0.2, 0.25) is 0 Å². The lowest BCUT2D eigenvalue weighted by atomic mass is 9.98. The van der Waals surface area contributed by atoms with E-state index in [2.05, 4.69) is 0 Å². The van der Waals surface area contributed by atoms with Crippen molar-refractivity contribution in [1.29, 1.82) is 0 Å². The van der Waals surface area contributed by atoms with Gasteiger partial charge < -0.3 is 14.7 Å². The molecule has 2 rings (SSSR count). The van der Waals surface area contributed by atoms with Gasteiger partial charge in [-0.1, -0.05) is 17.7 Å². The number of ether oxygens (including phenoxy) is 1. The quantitative estimate of drug-likeness (QED) is 0.922. The zero-order chi connectivity index (χ0) is 15.4. The van der Waals surface area contributed by atoms with Crippen molar-refractivity contribution in [3.8, 4) is 5.75 Å². The number of aryl methyl sites for hydroxylation is 1. The van der Waals surface area contributed by atoms with Crippen LogP contribution in [0.2, 0.25) is 0 Å². The lowest BCUT2D eigenvalue weighted by molar-refractivity contribution is -0.147. The Morgan fingerprint density at radius 1 is 1.33 bits per heavy atom. The van der Waals surface area contributed by atoms with Crippen molar-refractivity contribution >= 4 is 11.9 Å². The molecule has 5 heteroatoms. The average molecular weight is 291 g/mol. The molecule has 0 radical (unpaired) electrons. The van der Waals surface area contributed by atoms with Crippen molar-refractivity contribution in [2.24, 2.45) is 5.92 Å². The minimum absolute atomic E-state index is 0.151. The number of piperidine rings is 1. The van der Waals surface area contributed by atoms with Gasteiger partial charge in [0.1, 0.15) is 5.75 Å². The van der Waals surface area contributed by atoms with Crippen LogP contribution < -0.4 is 4.74 Å². The molecule has 0 saturated carbocycles. The number of carbonyl (C=O) groups is 2. The van der Waals surface area contributed by atoms with Crippen molar-refractivity contribution in [1.82, 2.24) is 4.90 Å². The molecule has 1 saturated heterocycles. The third-order valence-electron chi connectivity index (χ3n) is 3.76. The molecule has 114 valence electrons. The highest BCUT2D eigenvalue weighted by atomic mass is 16.5. The molecular formula is C16H21NO4. The van der Waals surface area contributed by atoms with E-state index in [9.17, 15) is 9.59 Å². The van der Waals surface area contributed by atoms with E-state index in [4.69, 9.17) is 9.84 Å². The van der Waals surface area contributed by atoms with Crippen LogP contribution in [0.15, 0.2) is 24.3 Å². The second-order valence-electron chi connectivity index (χ2n) is 5.53. The zero-order valence-electron chi connectivity index (χ0n) is 12.4. The smallest absolute Gasteiger partial charge is 0.308 e. The molecule has 1 heterocycles. The Bertz CT molecular complexity index is 512. The van der Waals surface area contributed by atoms with Crippen LogP contribution in [0, 0.1) is 12.8 Å². The summed E-state index contributed by atoms with van der Waals surface area (Å²) < 4.78 is 5.64. The van der Waals surface area contributed by atoms with E-state index >= 15 is 0 Å². The molecule has 1 N–H and O–H groups in total. The maximum absolute atomic E-state index is 12.3. The van der Waals surface area contributed by atoms with Crippen molar-refractivity contribution in [2.75, 3.05) is 13.1 Å². The van der Waals surface area contributed by atoms with Crippen molar-refractivity contribution < 1.29 is 19.4 Å². The van der Waals surface area contributed by atoms with E-state index in [0.717, 1.165) is 12.0 Å². The molecule has 0 bridgehead atoms. The van der Waals surface area contributed by atoms with Gasteiger partial charge in [-0.15, -0.1) is 0 Å². The third-order valence-corrected chi connectivity index (χ3v) is 3.76. The highest BCUT2D eigenvalue weighted by molar-refractivity contribution is 5.82. The fourth-order valence-corrected chi connectivity index (χ4v) is 2.51. The summed E-state index contributed by atoms with van der Waals surface area (Å²) in [6, 6.07) is 7.51. The van der Waals surface area contributed by atoms with Gasteiger partial charge in [0.15, 0.2) is 6.10 Å². The lowest BCUT2D eigenvalue weighted by Gasteiger charge is -2.32. The molecule has 1 aromatic rings. The molecule has 1 aliphatic rings. The van der Waals surface area contributed by atoms with E-state index < -0.39 is 18.0 Å². The van der Waals surface area contributed by atoms with Crippen LogP contribution in [0.5, 0.6) is 5.75 Å². The summed E-state index contributed by atoms with van der Waals surface area (Å²) in [7, 11) is 0. The van der Waals surface area contributed by atoms with Crippen LogP contribution in [0.4, 0.5) is 0 Å². The largest absolute Gasteiger partial charge is 0.481 e. The molecule has 5 nitrogen and oxygen atoms in total. The lowest BCUT2D eigenvalue weighted by Crippen LogP contribution is -2.47. The van der Waals surface area contributed by atoms with Crippen molar-refractivity contribution in [3.05, 3.63) is 29.8 Å². The number of likely N-dealkylation sites (tertiary alicyclic amines) is 1. The summed E-state index contributed by atoms with van der Waals surface area (Å²) in [5, 5.41) is 9.07. The second kappa shape index (κ2) is 6.61. The van der Waals surface area contributed by atoms with Gasteiger partial charge in [-0.2, -0.15) is 0 Å². The molecule has 1 aromatic carbocycles. The molecule has 0 aliphatic carbocycles. The molecule has 0 spiro atoms.